The zero-order chi connectivity index (χ0) is 24.1. The number of amides is 2. The van der Waals surface area contributed by atoms with E-state index < -0.39 is 0 Å². The van der Waals surface area contributed by atoms with Gasteiger partial charge in [-0.2, -0.15) is 0 Å². The highest BCUT2D eigenvalue weighted by Gasteiger charge is 2.19. The van der Waals surface area contributed by atoms with Crippen LogP contribution in [0.3, 0.4) is 0 Å². The first kappa shape index (κ1) is 23.5. The van der Waals surface area contributed by atoms with Gasteiger partial charge in [-0.15, -0.1) is 0 Å². The number of carbonyl (C=O) groups is 2. The van der Waals surface area contributed by atoms with Crippen molar-refractivity contribution in [3.05, 3.63) is 60.1 Å². The molecule has 178 valence electrons. The van der Waals surface area contributed by atoms with Gasteiger partial charge in [-0.3, -0.25) is 9.59 Å². The second kappa shape index (κ2) is 10.5. The summed E-state index contributed by atoms with van der Waals surface area (Å²) < 4.78 is 25.0. The monoisotopic (exact) mass is 464 g/mol. The third-order valence-electron chi connectivity index (χ3n) is 5.98. The zero-order valence-electron chi connectivity index (χ0n) is 19.5. The van der Waals surface area contributed by atoms with E-state index in [1.54, 1.807) is 24.5 Å². The number of likely N-dealkylation sites (tertiary alicyclic amines) is 1. The molecule has 3 aromatic rings. The van der Waals surface area contributed by atoms with Crippen LogP contribution >= 0.6 is 0 Å². The van der Waals surface area contributed by atoms with Crippen molar-refractivity contribution in [3.8, 4) is 16.9 Å². The topological polar surface area (TPSA) is 71.8 Å². The Morgan fingerprint density at radius 3 is 2.76 bits per heavy atom. The van der Waals surface area contributed by atoms with Crippen LogP contribution in [-0.2, 0) is 9.59 Å². The zero-order valence-corrected chi connectivity index (χ0v) is 19.5. The predicted molar refractivity (Wildman–Crippen MR) is 130 cm³/mol. The summed E-state index contributed by atoms with van der Waals surface area (Å²) in [7, 11) is 0. The van der Waals surface area contributed by atoms with Crippen molar-refractivity contribution in [1.82, 2.24) is 10.2 Å². The minimum atomic E-state index is -0.298. The number of fused-ring (bicyclic) bond motifs is 1. The molecule has 1 fully saturated rings. The molecule has 2 amide bonds. The second-order valence-electron chi connectivity index (χ2n) is 8.39. The van der Waals surface area contributed by atoms with Crippen LogP contribution in [0, 0.1) is 5.82 Å². The van der Waals surface area contributed by atoms with E-state index in [1.807, 2.05) is 30.9 Å². The molecule has 1 N–H and O–H groups in total. The summed E-state index contributed by atoms with van der Waals surface area (Å²) in [6, 6.07) is 10.0. The molecule has 7 heteroatoms. The minimum Gasteiger partial charge on any atom is -0.493 e. The van der Waals surface area contributed by atoms with Gasteiger partial charge in [-0.1, -0.05) is 12.1 Å². The second-order valence-corrected chi connectivity index (χ2v) is 8.39. The van der Waals surface area contributed by atoms with E-state index in [-0.39, 0.29) is 17.6 Å². The summed E-state index contributed by atoms with van der Waals surface area (Å²) in [5, 5.41) is 3.76. The summed E-state index contributed by atoms with van der Waals surface area (Å²) in [5.74, 6) is 0.329. The fraction of sp³-hybridized carbons (Fsp3) is 0.333. The third-order valence-corrected chi connectivity index (χ3v) is 5.98. The van der Waals surface area contributed by atoms with E-state index in [2.05, 4.69) is 5.32 Å². The minimum absolute atomic E-state index is 0.195. The Labute approximate surface area is 198 Å². The number of hydrogen-bond acceptors (Lipinski definition) is 4. The molecule has 1 aliphatic heterocycles. The van der Waals surface area contributed by atoms with Gasteiger partial charge in [-0.05, 0) is 56.0 Å². The van der Waals surface area contributed by atoms with Gasteiger partial charge >= 0.3 is 0 Å². The van der Waals surface area contributed by atoms with Crippen LogP contribution in [0.25, 0.3) is 27.7 Å². The van der Waals surface area contributed by atoms with E-state index >= 15 is 0 Å². The molecule has 4 rings (SSSR count). The van der Waals surface area contributed by atoms with Crippen LogP contribution in [0.4, 0.5) is 4.39 Å². The predicted octanol–water partition coefficient (Wildman–Crippen LogP) is 5.17. The SMILES string of the molecule is CCOc1cc2occ(-c3ccc(F)cc3)c2cc1/C(C)=C/C(=O)NCCCN1CCCC1=O. The number of hydrogen-bond donors (Lipinski definition) is 1. The molecule has 0 radical (unpaired) electrons. The van der Waals surface area contributed by atoms with Crippen molar-refractivity contribution in [2.45, 2.75) is 33.1 Å². The molecule has 0 aliphatic carbocycles. The van der Waals surface area contributed by atoms with Crippen LogP contribution in [0.2, 0.25) is 0 Å². The number of furan rings is 1. The third kappa shape index (κ3) is 5.30. The Kier molecular flexibility index (Phi) is 7.30. The number of nitrogens with one attached hydrogen (secondary N) is 1. The molecule has 0 unspecified atom stereocenters. The molecule has 1 aromatic heterocycles. The van der Waals surface area contributed by atoms with Crippen LogP contribution in [-0.4, -0.2) is 43.0 Å². The van der Waals surface area contributed by atoms with Crippen LogP contribution in [0.1, 0.15) is 38.7 Å². The molecular formula is C27H29FN2O4. The van der Waals surface area contributed by atoms with Crippen molar-refractivity contribution >= 4 is 28.4 Å². The summed E-state index contributed by atoms with van der Waals surface area (Å²) in [5.41, 5.74) is 3.88. The summed E-state index contributed by atoms with van der Waals surface area (Å²) in [6.45, 7) is 6.21. The number of halogens is 1. The Bertz CT molecular complexity index is 1210. The molecule has 2 heterocycles. The Balaban J connectivity index is 1.52. The smallest absolute Gasteiger partial charge is 0.244 e. The standard InChI is InChI=1S/C27H29FN2O4/c1-3-33-24-16-25-22(23(17-34-25)19-7-9-20(28)10-8-19)15-21(24)18(2)14-26(31)29-11-5-13-30-12-4-6-27(30)32/h7-10,14-17H,3-6,11-13H2,1-2H3,(H,29,31)/b18-14+. The first-order valence-corrected chi connectivity index (χ1v) is 11.6. The lowest BCUT2D eigenvalue weighted by atomic mass is 9.99. The highest BCUT2D eigenvalue weighted by molar-refractivity contribution is 6.00. The Morgan fingerprint density at radius 1 is 1.26 bits per heavy atom. The molecule has 34 heavy (non-hydrogen) atoms. The molecule has 0 atom stereocenters. The van der Waals surface area contributed by atoms with E-state index in [1.165, 1.54) is 12.1 Å². The fourth-order valence-electron chi connectivity index (χ4n) is 4.24. The van der Waals surface area contributed by atoms with Gasteiger partial charge in [0.25, 0.3) is 0 Å². The summed E-state index contributed by atoms with van der Waals surface area (Å²) in [4.78, 5) is 26.1. The van der Waals surface area contributed by atoms with E-state index in [9.17, 15) is 14.0 Å². The first-order valence-electron chi connectivity index (χ1n) is 11.6. The van der Waals surface area contributed by atoms with Gasteiger partial charge in [0.05, 0.1) is 12.9 Å². The maximum Gasteiger partial charge on any atom is 0.244 e. The van der Waals surface area contributed by atoms with E-state index in [0.717, 1.165) is 47.0 Å². The molecule has 2 aromatic carbocycles. The molecule has 0 spiro atoms. The quantitative estimate of drug-likeness (QED) is 0.350. The lowest BCUT2D eigenvalue weighted by Gasteiger charge is -2.15. The lowest BCUT2D eigenvalue weighted by Crippen LogP contribution is -2.30. The van der Waals surface area contributed by atoms with Gasteiger partial charge in [0.15, 0.2) is 0 Å². The van der Waals surface area contributed by atoms with Crippen molar-refractivity contribution in [2.24, 2.45) is 0 Å². The Morgan fingerprint density at radius 2 is 2.06 bits per heavy atom. The highest BCUT2D eigenvalue weighted by atomic mass is 19.1. The molecule has 1 saturated heterocycles. The van der Waals surface area contributed by atoms with Crippen molar-refractivity contribution < 1.29 is 23.1 Å². The van der Waals surface area contributed by atoms with E-state index in [4.69, 9.17) is 9.15 Å². The number of carbonyl (C=O) groups excluding carboxylic acids is 2. The van der Waals surface area contributed by atoms with Crippen LogP contribution in [0.15, 0.2) is 53.2 Å². The van der Waals surface area contributed by atoms with Crippen molar-refractivity contribution in [1.29, 1.82) is 0 Å². The van der Waals surface area contributed by atoms with Gasteiger partial charge in [-0.25, -0.2) is 4.39 Å². The highest BCUT2D eigenvalue weighted by Crippen LogP contribution is 2.37. The molecule has 1 aliphatic rings. The molecule has 0 saturated carbocycles. The lowest BCUT2D eigenvalue weighted by molar-refractivity contribution is -0.127. The number of ether oxygens (including phenoxy) is 1. The van der Waals surface area contributed by atoms with Crippen molar-refractivity contribution in [3.63, 3.8) is 0 Å². The summed E-state index contributed by atoms with van der Waals surface area (Å²) >= 11 is 0. The van der Waals surface area contributed by atoms with Crippen LogP contribution in [0.5, 0.6) is 5.75 Å². The van der Waals surface area contributed by atoms with Crippen molar-refractivity contribution in [2.75, 3.05) is 26.2 Å². The van der Waals surface area contributed by atoms with E-state index in [0.29, 0.717) is 37.4 Å². The fourth-order valence-corrected chi connectivity index (χ4v) is 4.24. The van der Waals surface area contributed by atoms with Gasteiger partial charge < -0.3 is 19.4 Å². The summed E-state index contributed by atoms with van der Waals surface area (Å²) in [6.07, 6.45) is 5.46. The number of benzene rings is 2. The van der Waals surface area contributed by atoms with Gasteiger partial charge in [0.1, 0.15) is 17.1 Å². The normalized spacial score (nSPS) is 14.1. The molecular weight excluding hydrogens is 435 g/mol. The average molecular weight is 465 g/mol. The average Bonchev–Trinajstić information content (AvgIpc) is 3.42. The van der Waals surface area contributed by atoms with Crippen LogP contribution < -0.4 is 10.1 Å². The first-order chi connectivity index (χ1) is 16.5. The Hall–Kier alpha value is -3.61. The molecule has 0 bridgehead atoms. The maximum absolute atomic E-state index is 13.4. The number of rotatable bonds is 9. The number of allylic oxidation sites excluding steroid dienone is 1. The largest absolute Gasteiger partial charge is 0.493 e. The van der Waals surface area contributed by atoms with Gasteiger partial charge in [0.2, 0.25) is 11.8 Å². The number of nitrogens with zero attached hydrogens (tertiary/aromatic N) is 1. The van der Waals surface area contributed by atoms with Gasteiger partial charge in [0, 0.05) is 54.7 Å². The molecule has 6 nitrogen and oxygen atoms in total. The maximum atomic E-state index is 13.4.